The van der Waals surface area contributed by atoms with Crippen LogP contribution in [0.1, 0.15) is 25.8 Å². The van der Waals surface area contributed by atoms with Crippen LogP contribution in [0.4, 0.5) is 0 Å². The quantitative estimate of drug-likeness (QED) is 0.749. The van der Waals surface area contributed by atoms with Crippen LogP contribution < -0.4 is 0 Å². The van der Waals surface area contributed by atoms with Crippen molar-refractivity contribution in [2.75, 3.05) is 5.88 Å². The minimum atomic E-state index is -0.0547. The standard InChI is InChI=1S/C13H17Cl2NO/c1-3-10(2)16(13(17)8-14)9-11-6-4-5-7-12(11)15/h4-7,10H,3,8-9H2,1-2H3. The van der Waals surface area contributed by atoms with Crippen LogP contribution in [-0.4, -0.2) is 22.7 Å². The number of rotatable bonds is 5. The molecule has 4 heteroatoms. The van der Waals surface area contributed by atoms with E-state index in [1.165, 1.54) is 0 Å². The van der Waals surface area contributed by atoms with Crippen molar-refractivity contribution in [1.29, 1.82) is 0 Å². The zero-order valence-electron chi connectivity index (χ0n) is 10.1. The Morgan fingerprint density at radius 2 is 2.06 bits per heavy atom. The molecule has 1 aromatic carbocycles. The third-order valence-corrected chi connectivity index (χ3v) is 3.45. The molecule has 17 heavy (non-hydrogen) atoms. The number of hydrogen-bond donors (Lipinski definition) is 0. The molecule has 0 aromatic heterocycles. The Bertz CT molecular complexity index is 381. The maximum atomic E-state index is 11.8. The molecule has 1 rings (SSSR count). The summed E-state index contributed by atoms with van der Waals surface area (Å²) in [6.45, 7) is 4.58. The summed E-state index contributed by atoms with van der Waals surface area (Å²) in [6.07, 6.45) is 0.896. The van der Waals surface area contributed by atoms with Crippen LogP contribution >= 0.6 is 23.2 Å². The van der Waals surface area contributed by atoms with Crippen molar-refractivity contribution in [3.05, 3.63) is 34.9 Å². The van der Waals surface area contributed by atoms with Crippen LogP contribution in [0.2, 0.25) is 5.02 Å². The second-order valence-corrected chi connectivity index (χ2v) is 4.68. The van der Waals surface area contributed by atoms with Gasteiger partial charge in [-0.15, -0.1) is 11.6 Å². The number of carbonyl (C=O) groups is 1. The maximum Gasteiger partial charge on any atom is 0.238 e. The van der Waals surface area contributed by atoms with Gasteiger partial charge in [0.25, 0.3) is 0 Å². The molecular weight excluding hydrogens is 257 g/mol. The van der Waals surface area contributed by atoms with E-state index in [0.717, 1.165) is 12.0 Å². The van der Waals surface area contributed by atoms with E-state index in [2.05, 4.69) is 0 Å². The molecule has 1 amide bonds. The lowest BCUT2D eigenvalue weighted by Crippen LogP contribution is -2.38. The molecule has 1 aromatic rings. The Morgan fingerprint density at radius 1 is 1.41 bits per heavy atom. The molecule has 0 radical (unpaired) electrons. The number of benzene rings is 1. The Balaban J connectivity index is 2.87. The molecule has 2 nitrogen and oxygen atoms in total. The van der Waals surface area contributed by atoms with Gasteiger partial charge in [0.2, 0.25) is 5.91 Å². The van der Waals surface area contributed by atoms with Gasteiger partial charge in [-0.25, -0.2) is 0 Å². The predicted octanol–water partition coefficient (Wildman–Crippen LogP) is 3.71. The van der Waals surface area contributed by atoms with E-state index < -0.39 is 0 Å². The van der Waals surface area contributed by atoms with Crippen molar-refractivity contribution in [3.8, 4) is 0 Å². The van der Waals surface area contributed by atoms with Gasteiger partial charge in [0.15, 0.2) is 0 Å². The minimum absolute atomic E-state index is 0.00872. The number of nitrogens with zero attached hydrogens (tertiary/aromatic N) is 1. The lowest BCUT2D eigenvalue weighted by atomic mass is 10.1. The van der Waals surface area contributed by atoms with Crippen LogP contribution in [0.25, 0.3) is 0 Å². The Hall–Kier alpha value is -0.730. The van der Waals surface area contributed by atoms with Crippen molar-refractivity contribution in [2.24, 2.45) is 0 Å². The summed E-state index contributed by atoms with van der Waals surface area (Å²) >= 11 is 11.7. The highest BCUT2D eigenvalue weighted by Gasteiger charge is 2.18. The molecule has 0 saturated carbocycles. The van der Waals surface area contributed by atoms with Gasteiger partial charge in [0.1, 0.15) is 5.88 Å². The first-order valence-corrected chi connectivity index (χ1v) is 6.60. The Kier molecular flexibility index (Phi) is 5.79. The van der Waals surface area contributed by atoms with Gasteiger partial charge >= 0.3 is 0 Å². The summed E-state index contributed by atoms with van der Waals surface area (Å²) in [7, 11) is 0. The Labute approximate surface area is 113 Å². The normalized spacial score (nSPS) is 12.2. The molecular formula is C13H17Cl2NO. The summed E-state index contributed by atoms with van der Waals surface area (Å²) in [4.78, 5) is 13.6. The van der Waals surface area contributed by atoms with E-state index in [1.54, 1.807) is 4.90 Å². The molecule has 0 heterocycles. The van der Waals surface area contributed by atoms with E-state index in [9.17, 15) is 4.79 Å². The molecule has 1 unspecified atom stereocenters. The molecule has 0 fully saturated rings. The van der Waals surface area contributed by atoms with E-state index >= 15 is 0 Å². The Morgan fingerprint density at radius 3 is 2.59 bits per heavy atom. The molecule has 94 valence electrons. The fraction of sp³-hybridized carbons (Fsp3) is 0.462. The molecule has 0 spiro atoms. The molecule has 0 saturated heterocycles. The third kappa shape index (κ3) is 3.90. The van der Waals surface area contributed by atoms with Crippen molar-refractivity contribution in [2.45, 2.75) is 32.9 Å². The lowest BCUT2D eigenvalue weighted by molar-refractivity contribution is -0.131. The molecule has 0 N–H and O–H groups in total. The fourth-order valence-corrected chi connectivity index (χ4v) is 1.95. The first kappa shape index (κ1) is 14.3. The molecule has 0 bridgehead atoms. The summed E-state index contributed by atoms with van der Waals surface area (Å²) in [6, 6.07) is 7.72. The number of carbonyl (C=O) groups excluding carboxylic acids is 1. The van der Waals surface area contributed by atoms with Crippen LogP contribution in [0.5, 0.6) is 0 Å². The average molecular weight is 274 g/mol. The van der Waals surface area contributed by atoms with Crippen LogP contribution in [0.3, 0.4) is 0 Å². The van der Waals surface area contributed by atoms with Gasteiger partial charge in [-0.2, -0.15) is 0 Å². The highest BCUT2D eigenvalue weighted by Crippen LogP contribution is 2.19. The van der Waals surface area contributed by atoms with Crippen LogP contribution in [-0.2, 0) is 11.3 Å². The monoisotopic (exact) mass is 273 g/mol. The average Bonchev–Trinajstić information content (AvgIpc) is 2.36. The van der Waals surface area contributed by atoms with Gasteiger partial charge < -0.3 is 4.90 Å². The first-order valence-electron chi connectivity index (χ1n) is 5.69. The zero-order valence-corrected chi connectivity index (χ0v) is 11.6. The second-order valence-electron chi connectivity index (χ2n) is 4.00. The van der Waals surface area contributed by atoms with Gasteiger partial charge in [-0.1, -0.05) is 36.7 Å². The van der Waals surface area contributed by atoms with Crippen LogP contribution in [0.15, 0.2) is 24.3 Å². The summed E-state index contributed by atoms with van der Waals surface area (Å²) in [5.41, 5.74) is 0.952. The van der Waals surface area contributed by atoms with Crippen molar-refractivity contribution < 1.29 is 4.79 Å². The maximum absolute atomic E-state index is 11.8. The largest absolute Gasteiger partial charge is 0.335 e. The SMILES string of the molecule is CCC(C)N(Cc1ccccc1Cl)C(=O)CCl. The number of alkyl halides is 1. The zero-order chi connectivity index (χ0) is 12.8. The third-order valence-electron chi connectivity index (χ3n) is 2.86. The molecule has 0 aliphatic carbocycles. The summed E-state index contributed by atoms with van der Waals surface area (Å²) < 4.78 is 0. The van der Waals surface area contributed by atoms with Gasteiger partial charge in [0.05, 0.1) is 0 Å². The van der Waals surface area contributed by atoms with Crippen molar-refractivity contribution in [1.82, 2.24) is 4.90 Å². The summed E-state index contributed by atoms with van der Waals surface area (Å²) in [5.74, 6) is -0.0460. The minimum Gasteiger partial charge on any atom is -0.335 e. The van der Waals surface area contributed by atoms with Gasteiger partial charge in [0, 0.05) is 17.6 Å². The molecule has 1 atom stereocenters. The van der Waals surface area contributed by atoms with Gasteiger partial charge in [-0.3, -0.25) is 4.79 Å². The molecule has 0 aliphatic heterocycles. The predicted molar refractivity (Wildman–Crippen MR) is 72.5 cm³/mol. The van der Waals surface area contributed by atoms with E-state index in [0.29, 0.717) is 11.6 Å². The summed E-state index contributed by atoms with van der Waals surface area (Å²) in [5, 5.41) is 0.683. The fourth-order valence-electron chi connectivity index (χ4n) is 1.60. The van der Waals surface area contributed by atoms with E-state index in [-0.39, 0.29) is 17.8 Å². The van der Waals surface area contributed by atoms with Crippen molar-refractivity contribution in [3.63, 3.8) is 0 Å². The van der Waals surface area contributed by atoms with Gasteiger partial charge in [-0.05, 0) is 25.0 Å². The topological polar surface area (TPSA) is 20.3 Å². The first-order chi connectivity index (χ1) is 8.10. The van der Waals surface area contributed by atoms with Crippen LogP contribution in [0, 0.1) is 0 Å². The molecule has 0 aliphatic rings. The number of amides is 1. The van der Waals surface area contributed by atoms with Crippen molar-refractivity contribution >= 4 is 29.1 Å². The second kappa shape index (κ2) is 6.87. The smallest absolute Gasteiger partial charge is 0.238 e. The number of halogens is 2. The number of hydrogen-bond acceptors (Lipinski definition) is 1. The highest BCUT2D eigenvalue weighted by atomic mass is 35.5. The lowest BCUT2D eigenvalue weighted by Gasteiger charge is -2.28. The highest BCUT2D eigenvalue weighted by molar-refractivity contribution is 6.31. The van der Waals surface area contributed by atoms with E-state index in [1.807, 2.05) is 38.1 Å². The van der Waals surface area contributed by atoms with E-state index in [4.69, 9.17) is 23.2 Å².